The molecule has 1 aromatic heterocycles. The number of hydrogen-bond acceptors (Lipinski definition) is 5. The van der Waals surface area contributed by atoms with E-state index < -0.39 is 5.60 Å². The maximum atomic E-state index is 11.9. The molecule has 5 heteroatoms. The number of carbonyl (C=O) groups is 1. The zero-order valence-electron chi connectivity index (χ0n) is 11.0. The largest absolute Gasteiger partial charge is 0.458 e. The first-order chi connectivity index (χ1) is 7.81. The molecule has 4 nitrogen and oxygen atoms in total. The fourth-order valence-electron chi connectivity index (χ4n) is 1.27. The van der Waals surface area contributed by atoms with E-state index in [1.807, 2.05) is 40.0 Å². The van der Waals surface area contributed by atoms with E-state index in [0.29, 0.717) is 6.42 Å². The smallest absolute Gasteiger partial charge is 0.329 e. The average molecular weight is 256 g/mol. The van der Waals surface area contributed by atoms with Gasteiger partial charge in [0.15, 0.2) is 5.13 Å². The standard InChI is InChI=1S/C12H20N2O2S/c1-6-9(10(15)16-12(3,4)5)14-11-13-8(2)7-17-11/h7,9H,6H2,1-5H3,(H,13,14). The first-order valence-corrected chi connectivity index (χ1v) is 6.61. The molecule has 1 rings (SSSR count). The van der Waals surface area contributed by atoms with E-state index in [-0.39, 0.29) is 12.0 Å². The number of aromatic nitrogens is 1. The molecule has 0 fully saturated rings. The van der Waals surface area contributed by atoms with Crippen molar-refractivity contribution in [3.8, 4) is 0 Å². The lowest BCUT2D eigenvalue weighted by molar-refractivity contribution is -0.155. The molecule has 1 heterocycles. The number of nitrogens with one attached hydrogen (secondary N) is 1. The summed E-state index contributed by atoms with van der Waals surface area (Å²) in [7, 11) is 0. The molecule has 0 saturated carbocycles. The van der Waals surface area contributed by atoms with Crippen molar-refractivity contribution in [1.29, 1.82) is 0 Å². The minimum Gasteiger partial charge on any atom is -0.458 e. The van der Waals surface area contributed by atoms with Crippen LogP contribution in [0.1, 0.15) is 39.8 Å². The summed E-state index contributed by atoms with van der Waals surface area (Å²) in [5.41, 5.74) is 0.502. The van der Waals surface area contributed by atoms with E-state index >= 15 is 0 Å². The van der Waals surface area contributed by atoms with Crippen LogP contribution < -0.4 is 5.32 Å². The second-order valence-corrected chi connectivity index (χ2v) is 5.79. The Morgan fingerprint density at radius 2 is 2.24 bits per heavy atom. The van der Waals surface area contributed by atoms with Crippen LogP contribution in [0.25, 0.3) is 0 Å². The highest BCUT2D eigenvalue weighted by atomic mass is 32.1. The third kappa shape index (κ3) is 4.73. The van der Waals surface area contributed by atoms with Gasteiger partial charge in [0.1, 0.15) is 11.6 Å². The van der Waals surface area contributed by atoms with Crippen LogP contribution in [0.15, 0.2) is 5.38 Å². The van der Waals surface area contributed by atoms with E-state index in [0.717, 1.165) is 10.8 Å². The van der Waals surface area contributed by atoms with Crippen LogP contribution in [0.4, 0.5) is 5.13 Å². The van der Waals surface area contributed by atoms with E-state index in [1.165, 1.54) is 11.3 Å². The predicted octanol–water partition coefficient (Wildman–Crippen LogP) is 2.98. The number of nitrogens with zero attached hydrogens (tertiary/aromatic N) is 1. The van der Waals surface area contributed by atoms with Gasteiger partial charge in [-0.3, -0.25) is 0 Å². The number of anilines is 1. The van der Waals surface area contributed by atoms with Crippen molar-refractivity contribution in [1.82, 2.24) is 4.98 Å². The zero-order valence-corrected chi connectivity index (χ0v) is 11.9. The number of carbonyl (C=O) groups excluding carboxylic acids is 1. The second-order valence-electron chi connectivity index (χ2n) is 4.93. The number of ether oxygens (including phenoxy) is 1. The summed E-state index contributed by atoms with van der Waals surface area (Å²) in [6.07, 6.45) is 0.674. The topological polar surface area (TPSA) is 51.2 Å². The Labute approximate surface area is 106 Å². The molecule has 1 unspecified atom stereocenters. The predicted molar refractivity (Wildman–Crippen MR) is 70.4 cm³/mol. The van der Waals surface area contributed by atoms with Crippen molar-refractivity contribution in [3.63, 3.8) is 0 Å². The van der Waals surface area contributed by atoms with Gasteiger partial charge in [0.2, 0.25) is 0 Å². The van der Waals surface area contributed by atoms with Gasteiger partial charge in [-0.25, -0.2) is 9.78 Å². The van der Waals surface area contributed by atoms with Gasteiger partial charge in [-0.15, -0.1) is 11.3 Å². The monoisotopic (exact) mass is 256 g/mol. The summed E-state index contributed by atoms with van der Waals surface area (Å²) in [5, 5.41) is 5.82. The van der Waals surface area contributed by atoms with Crippen molar-refractivity contribution >= 4 is 22.4 Å². The van der Waals surface area contributed by atoms with Gasteiger partial charge < -0.3 is 10.1 Å². The normalized spacial score (nSPS) is 13.2. The maximum absolute atomic E-state index is 11.9. The Morgan fingerprint density at radius 3 is 2.65 bits per heavy atom. The van der Waals surface area contributed by atoms with Gasteiger partial charge in [-0.1, -0.05) is 6.92 Å². The SMILES string of the molecule is CCC(Nc1nc(C)cs1)C(=O)OC(C)(C)C. The minimum atomic E-state index is -0.453. The van der Waals surface area contributed by atoms with E-state index in [1.54, 1.807) is 0 Å². The van der Waals surface area contributed by atoms with E-state index in [4.69, 9.17) is 4.74 Å². The third-order valence-electron chi connectivity index (χ3n) is 2.02. The molecule has 0 amide bonds. The van der Waals surface area contributed by atoms with Crippen LogP contribution in [0.3, 0.4) is 0 Å². The number of aryl methyl sites for hydroxylation is 1. The van der Waals surface area contributed by atoms with Gasteiger partial charge >= 0.3 is 5.97 Å². The molecule has 1 aromatic rings. The molecule has 0 aliphatic rings. The van der Waals surface area contributed by atoms with Crippen LogP contribution in [0, 0.1) is 6.92 Å². The molecule has 0 aliphatic heterocycles. The second kappa shape index (κ2) is 5.49. The molecular formula is C12H20N2O2S. The first kappa shape index (κ1) is 14.0. The summed E-state index contributed by atoms with van der Waals surface area (Å²) in [6, 6.07) is -0.334. The first-order valence-electron chi connectivity index (χ1n) is 5.73. The fourth-order valence-corrected chi connectivity index (χ4v) is 2.01. The van der Waals surface area contributed by atoms with Crippen molar-refractivity contribution in [2.45, 2.75) is 52.7 Å². The molecule has 0 radical (unpaired) electrons. The maximum Gasteiger partial charge on any atom is 0.329 e. The van der Waals surface area contributed by atoms with Gasteiger partial charge in [0, 0.05) is 5.38 Å². The van der Waals surface area contributed by atoms with Crippen molar-refractivity contribution in [3.05, 3.63) is 11.1 Å². The Bertz CT molecular complexity index is 382. The molecule has 96 valence electrons. The van der Waals surface area contributed by atoms with Crippen molar-refractivity contribution < 1.29 is 9.53 Å². The van der Waals surface area contributed by atoms with Crippen molar-refractivity contribution in [2.24, 2.45) is 0 Å². The zero-order chi connectivity index (χ0) is 13.1. The van der Waals surface area contributed by atoms with Gasteiger partial charge in [-0.05, 0) is 34.1 Å². The molecule has 0 aromatic carbocycles. The summed E-state index contributed by atoms with van der Waals surface area (Å²) in [5.74, 6) is -0.229. The Balaban J connectivity index is 2.62. The number of rotatable bonds is 4. The molecule has 1 N–H and O–H groups in total. The minimum absolute atomic E-state index is 0.229. The Kier molecular flexibility index (Phi) is 4.51. The fraction of sp³-hybridized carbons (Fsp3) is 0.667. The number of esters is 1. The van der Waals surface area contributed by atoms with Gasteiger partial charge in [0.05, 0.1) is 5.69 Å². The van der Waals surface area contributed by atoms with Crippen LogP contribution in [0.5, 0.6) is 0 Å². The molecule has 0 aliphatic carbocycles. The number of thiazole rings is 1. The Hall–Kier alpha value is -1.10. The lowest BCUT2D eigenvalue weighted by Crippen LogP contribution is -2.36. The van der Waals surface area contributed by atoms with Crippen LogP contribution in [-0.4, -0.2) is 22.6 Å². The summed E-state index contributed by atoms with van der Waals surface area (Å²) in [6.45, 7) is 9.47. The lowest BCUT2D eigenvalue weighted by atomic mass is 10.1. The molecule has 17 heavy (non-hydrogen) atoms. The van der Waals surface area contributed by atoms with Crippen molar-refractivity contribution in [2.75, 3.05) is 5.32 Å². The van der Waals surface area contributed by atoms with Crippen LogP contribution in [-0.2, 0) is 9.53 Å². The van der Waals surface area contributed by atoms with E-state index in [2.05, 4.69) is 10.3 Å². The molecule has 0 spiro atoms. The van der Waals surface area contributed by atoms with E-state index in [9.17, 15) is 4.79 Å². The Morgan fingerprint density at radius 1 is 1.59 bits per heavy atom. The summed E-state index contributed by atoms with van der Waals surface area (Å²) >= 11 is 1.50. The highest BCUT2D eigenvalue weighted by molar-refractivity contribution is 7.13. The highest BCUT2D eigenvalue weighted by Gasteiger charge is 2.24. The summed E-state index contributed by atoms with van der Waals surface area (Å²) < 4.78 is 5.35. The molecule has 0 saturated heterocycles. The molecular weight excluding hydrogens is 236 g/mol. The third-order valence-corrected chi connectivity index (χ3v) is 2.91. The highest BCUT2D eigenvalue weighted by Crippen LogP contribution is 2.18. The van der Waals surface area contributed by atoms with Crippen LogP contribution in [0.2, 0.25) is 0 Å². The molecule has 0 bridgehead atoms. The van der Waals surface area contributed by atoms with Gasteiger partial charge in [-0.2, -0.15) is 0 Å². The molecule has 1 atom stereocenters. The number of hydrogen-bond donors (Lipinski definition) is 1. The average Bonchev–Trinajstić information content (AvgIpc) is 2.57. The van der Waals surface area contributed by atoms with Crippen LogP contribution >= 0.6 is 11.3 Å². The summed E-state index contributed by atoms with van der Waals surface area (Å²) in [4.78, 5) is 16.2. The quantitative estimate of drug-likeness (QED) is 0.841. The lowest BCUT2D eigenvalue weighted by Gasteiger charge is -2.23. The van der Waals surface area contributed by atoms with Gasteiger partial charge in [0.25, 0.3) is 0 Å².